The highest BCUT2D eigenvalue weighted by Gasteiger charge is 2.23. The SMILES string of the molecule is CC/C=C\C/C=C\C/C=C\C/C=C\C/C=C\CC(=O)NC(COP(=O)([O-])OCC[N+](C)(C)C)C(O)/C=C/CC/C=C/CCCCCCCCCCCCCCCCCCCCCCCCC. The van der Waals surface area contributed by atoms with Crippen LogP contribution in [0.25, 0.3) is 0 Å². The molecule has 0 aromatic rings. The van der Waals surface area contributed by atoms with Crippen LogP contribution in [0.5, 0.6) is 0 Å². The number of carbonyl (C=O) groups excluding carboxylic acids is 1. The maximum absolute atomic E-state index is 12.8. The van der Waals surface area contributed by atoms with Crippen LogP contribution in [0.1, 0.15) is 219 Å². The first-order valence-electron chi connectivity index (χ1n) is 26.9. The number of allylic oxidation sites excluding steroid dienone is 12. The molecule has 0 aromatic carbocycles. The maximum Gasteiger partial charge on any atom is 0.268 e. The lowest BCUT2D eigenvalue weighted by molar-refractivity contribution is -0.870. The zero-order valence-corrected chi connectivity index (χ0v) is 44.3. The molecule has 3 atom stereocenters. The smallest absolute Gasteiger partial charge is 0.268 e. The molecule has 382 valence electrons. The number of likely N-dealkylation sites (N-methyl/N-ethyl adjacent to an activating group) is 1. The molecule has 1 amide bonds. The van der Waals surface area contributed by atoms with E-state index in [-0.39, 0.29) is 18.9 Å². The number of aliphatic hydroxyl groups excluding tert-OH is 1. The summed E-state index contributed by atoms with van der Waals surface area (Å²) in [6.07, 6.45) is 67.1. The van der Waals surface area contributed by atoms with Gasteiger partial charge in [0, 0.05) is 6.42 Å². The quantitative estimate of drug-likeness (QED) is 0.0272. The number of phosphoric acid groups is 1. The average molecular weight is 943 g/mol. The molecule has 0 aromatic heterocycles. The third-order valence-corrected chi connectivity index (χ3v) is 12.6. The summed E-state index contributed by atoms with van der Waals surface area (Å²) in [5.41, 5.74) is 0. The Bertz CT molecular complexity index is 1350. The molecule has 0 heterocycles. The minimum absolute atomic E-state index is 0.0268. The van der Waals surface area contributed by atoms with Crippen LogP contribution in [0.3, 0.4) is 0 Å². The Morgan fingerprint density at radius 3 is 1.38 bits per heavy atom. The second-order valence-electron chi connectivity index (χ2n) is 19.2. The minimum atomic E-state index is -4.63. The van der Waals surface area contributed by atoms with Crippen LogP contribution in [0.15, 0.2) is 85.1 Å². The van der Waals surface area contributed by atoms with E-state index in [9.17, 15) is 19.4 Å². The molecule has 0 aliphatic heterocycles. The molecule has 0 saturated heterocycles. The number of nitrogens with one attached hydrogen (secondary N) is 1. The first kappa shape index (κ1) is 63.7. The normalized spacial score (nSPS) is 14.7. The second kappa shape index (κ2) is 47.7. The molecule has 8 nitrogen and oxygen atoms in total. The van der Waals surface area contributed by atoms with Crippen LogP contribution in [0.4, 0.5) is 0 Å². The van der Waals surface area contributed by atoms with Crippen molar-refractivity contribution in [2.75, 3.05) is 40.9 Å². The van der Waals surface area contributed by atoms with E-state index in [0.717, 1.165) is 44.9 Å². The van der Waals surface area contributed by atoms with E-state index in [4.69, 9.17) is 9.05 Å². The van der Waals surface area contributed by atoms with E-state index in [1.54, 1.807) is 12.2 Å². The fourth-order valence-electron chi connectivity index (χ4n) is 7.41. The largest absolute Gasteiger partial charge is 0.756 e. The highest BCUT2D eigenvalue weighted by Crippen LogP contribution is 2.38. The van der Waals surface area contributed by atoms with E-state index in [2.05, 4.69) is 79.9 Å². The molecule has 0 aliphatic rings. The monoisotopic (exact) mass is 943 g/mol. The van der Waals surface area contributed by atoms with Gasteiger partial charge in [-0.25, -0.2) is 0 Å². The van der Waals surface area contributed by atoms with Gasteiger partial charge in [-0.3, -0.25) is 9.36 Å². The van der Waals surface area contributed by atoms with Crippen molar-refractivity contribution in [3.05, 3.63) is 85.1 Å². The number of aliphatic hydroxyl groups is 1. The van der Waals surface area contributed by atoms with Crippen molar-refractivity contribution in [1.29, 1.82) is 0 Å². The van der Waals surface area contributed by atoms with Crippen LogP contribution in [-0.4, -0.2) is 68.5 Å². The van der Waals surface area contributed by atoms with Gasteiger partial charge in [0.25, 0.3) is 7.82 Å². The zero-order valence-electron chi connectivity index (χ0n) is 43.4. The third-order valence-electron chi connectivity index (χ3n) is 11.6. The number of unbranched alkanes of at least 4 members (excludes halogenated alkanes) is 24. The Morgan fingerprint density at radius 1 is 0.545 bits per heavy atom. The zero-order chi connectivity index (χ0) is 48.5. The van der Waals surface area contributed by atoms with Gasteiger partial charge < -0.3 is 28.8 Å². The fraction of sp³-hybridized carbons (Fsp3) is 0.737. The van der Waals surface area contributed by atoms with Crippen molar-refractivity contribution in [3.8, 4) is 0 Å². The summed E-state index contributed by atoms with van der Waals surface area (Å²) in [6.45, 7) is 4.44. The third kappa shape index (κ3) is 49.6. The van der Waals surface area contributed by atoms with Gasteiger partial charge in [0.2, 0.25) is 5.91 Å². The van der Waals surface area contributed by atoms with Gasteiger partial charge in [-0.15, -0.1) is 0 Å². The molecule has 3 unspecified atom stereocenters. The lowest BCUT2D eigenvalue weighted by Gasteiger charge is -2.29. The highest BCUT2D eigenvalue weighted by molar-refractivity contribution is 7.45. The molecular formula is C57H103N2O6P. The molecule has 0 bridgehead atoms. The number of quaternary nitrogens is 1. The Labute approximate surface area is 407 Å². The van der Waals surface area contributed by atoms with Crippen molar-refractivity contribution in [2.45, 2.75) is 231 Å². The molecular weight excluding hydrogens is 840 g/mol. The molecule has 66 heavy (non-hydrogen) atoms. The van der Waals surface area contributed by atoms with Crippen LogP contribution in [0, 0.1) is 0 Å². The van der Waals surface area contributed by atoms with Crippen molar-refractivity contribution >= 4 is 13.7 Å². The van der Waals surface area contributed by atoms with E-state index < -0.39 is 26.6 Å². The Morgan fingerprint density at radius 2 is 0.939 bits per heavy atom. The van der Waals surface area contributed by atoms with Gasteiger partial charge in [-0.05, 0) is 57.8 Å². The van der Waals surface area contributed by atoms with Gasteiger partial charge in [0.1, 0.15) is 13.2 Å². The summed E-state index contributed by atoms with van der Waals surface area (Å²) < 4.78 is 23.2. The summed E-state index contributed by atoms with van der Waals surface area (Å²) >= 11 is 0. The molecule has 0 saturated carbocycles. The molecule has 2 N–H and O–H groups in total. The first-order valence-corrected chi connectivity index (χ1v) is 28.4. The van der Waals surface area contributed by atoms with Crippen LogP contribution in [0.2, 0.25) is 0 Å². The van der Waals surface area contributed by atoms with E-state index in [0.29, 0.717) is 17.4 Å². The van der Waals surface area contributed by atoms with Gasteiger partial charge in [0.15, 0.2) is 0 Å². The molecule has 0 spiro atoms. The maximum atomic E-state index is 12.8. The molecule has 9 heteroatoms. The highest BCUT2D eigenvalue weighted by atomic mass is 31.2. The van der Waals surface area contributed by atoms with Crippen LogP contribution >= 0.6 is 7.82 Å². The molecule has 0 fully saturated rings. The Kier molecular flexibility index (Phi) is 46.1. The number of carbonyl (C=O) groups is 1. The number of amides is 1. The lowest BCUT2D eigenvalue weighted by Crippen LogP contribution is -2.45. The van der Waals surface area contributed by atoms with Gasteiger partial charge >= 0.3 is 0 Å². The summed E-state index contributed by atoms with van der Waals surface area (Å²) in [6, 6.07) is -0.963. The minimum Gasteiger partial charge on any atom is -0.756 e. The van der Waals surface area contributed by atoms with Gasteiger partial charge in [-0.2, -0.15) is 0 Å². The van der Waals surface area contributed by atoms with Crippen molar-refractivity contribution in [2.24, 2.45) is 0 Å². The fourth-order valence-corrected chi connectivity index (χ4v) is 8.14. The predicted molar refractivity (Wildman–Crippen MR) is 283 cm³/mol. The molecule has 0 radical (unpaired) electrons. The Balaban J connectivity index is 4.30. The standard InChI is InChI=1S/C57H103N2O6P/c1-6-8-10-12-14-16-18-20-22-23-24-25-26-27-28-29-30-31-32-33-34-35-37-38-40-42-44-46-48-50-56(60)55(54-65-66(62,63)64-53-52-59(3,4)5)58-57(61)51-49-47-45-43-41-39-36-21-19-17-15-13-11-9-7-2/h9,11,15,17,21,36,40-43,47-50,55-56,60H,6-8,10,12-14,16,18-20,22-35,37-39,44-46,51-54H2,1-5H3,(H-,58,61,62,63)/b11-9-,17-15-,36-21-,42-40+,43-41-,49-47-,50-48+. The second-order valence-corrected chi connectivity index (χ2v) is 20.6. The average Bonchev–Trinajstić information content (AvgIpc) is 3.28. The summed E-state index contributed by atoms with van der Waals surface area (Å²) in [5.74, 6) is -0.336. The number of phosphoric ester groups is 1. The number of nitrogens with zero attached hydrogens (tertiary/aromatic N) is 1. The van der Waals surface area contributed by atoms with E-state index in [1.165, 1.54) is 148 Å². The lowest BCUT2D eigenvalue weighted by atomic mass is 10.0. The van der Waals surface area contributed by atoms with E-state index >= 15 is 0 Å². The van der Waals surface area contributed by atoms with Gasteiger partial charge in [0.05, 0.1) is 39.9 Å². The topological polar surface area (TPSA) is 108 Å². The number of hydrogen-bond donors (Lipinski definition) is 2. The summed E-state index contributed by atoms with van der Waals surface area (Å²) in [4.78, 5) is 25.3. The van der Waals surface area contributed by atoms with Crippen molar-refractivity contribution in [3.63, 3.8) is 0 Å². The van der Waals surface area contributed by atoms with Crippen molar-refractivity contribution < 1.29 is 32.9 Å². The summed E-state index contributed by atoms with van der Waals surface area (Å²) in [5, 5.41) is 13.7. The molecule has 0 rings (SSSR count). The van der Waals surface area contributed by atoms with E-state index in [1.807, 2.05) is 33.3 Å². The predicted octanol–water partition coefficient (Wildman–Crippen LogP) is 15.5. The molecule has 0 aliphatic carbocycles. The van der Waals surface area contributed by atoms with Gasteiger partial charge in [-0.1, -0.05) is 240 Å². The number of rotatable bonds is 48. The van der Waals surface area contributed by atoms with Crippen LogP contribution in [-0.2, 0) is 18.4 Å². The number of hydrogen-bond acceptors (Lipinski definition) is 6. The van der Waals surface area contributed by atoms with Crippen molar-refractivity contribution in [1.82, 2.24) is 5.32 Å². The summed E-state index contributed by atoms with van der Waals surface area (Å²) in [7, 11) is 1.18. The van der Waals surface area contributed by atoms with Crippen LogP contribution < -0.4 is 10.2 Å². The Hall–Kier alpha value is -2.32. The first-order chi connectivity index (χ1) is 32.0.